The van der Waals surface area contributed by atoms with Crippen LogP contribution in [0.3, 0.4) is 0 Å². The van der Waals surface area contributed by atoms with Crippen LogP contribution in [0.15, 0.2) is 28.9 Å². The molecule has 0 radical (unpaired) electrons. The molecule has 1 fully saturated rings. The molecule has 0 spiro atoms. The first-order valence-electron chi connectivity index (χ1n) is 7.59. The highest BCUT2D eigenvalue weighted by Gasteiger charge is 2.30. The van der Waals surface area contributed by atoms with Crippen LogP contribution < -0.4 is 11.1 Å². The zero-order chi connectivity index (χ0) is 17.3. The summed E-state index contributed by atoms with van der Waals surface area (Å²) < 4.78 is 0.897. The van der Waals surface area contributed by atoms with Crippen LogP contribution in [-0.4, -0.2) is 39.6 Å². The van der Waals surface area contributed by atoms with E-state index in [-0.39, 0.29) is 18.4 Å². The second kappa shape index (κ2) is 6.64. The van der Waals surface area contributed by atoms with Crippen molar-refractivity contribution in [1.29, 1.82) is 0 Å². The third-order valence-corrected chi connectivity index (χ3v) is 4.68. The number of nitrogen functional groups attached to an aromatic ring is 1. The number of amides is 2. The van der Waals surface area contributed by atoms with Crippen LogP contribution in [0.4, 0.5) is 16.2 Å². The van der Waals surface area contributed by atoms with Gasteiger partial charge in [0.05, 0.1) is 23.1 Å². The average Bonchev–Trinajstić information content (AvgIpc) is 2.98. The molecule has 1 aliphatic heterocycles. The molecule has 4 N–H and O–H groups in total. The minimum Gasteiger partial charge on any atom is -0.465 e. The van der Waals surface area contributed by atoms with E-state index in [0.717, 1.165) is 21.8 Å². The Morgan fingerprint density at radius 2 is 2.25 bits per heavy atom. The van der Waals surface area contributed by atoms with E-state index in [0.29, 0.717) is 24.3 Å². The molecule has 8 heteroatoms. The second-order valence-corrected chi connectivity index (χ2v) is 6.69. The van der Waals surface area contributed by atoms with E-state index in [9.17, 15) is 9.59 Å². The van der Waals surface area contributed by atoms with Gasteiger partial charge in [-0.3, -0.25) is 9.78 Å². The molecular weight excluding hydrogens is 376 g/mol. The number of likely N-dealkylation sites (tertiary alicyclic amines) is 1. The highest BCUT2D eigenvalue weighted by atomic mass is 79.9. The van der Waals surface area contributed by atoms with E-state index in [1.165, 1.54) is 11.1 Å². The summed E-state index contributed by atoms with van der Waals surface area (Å²) in [5, 5.41) is 12.6. The number of benzene rings is 1. The quantitative estimate of drug-likeness (QED) is 0.743. The lowest BCUT2D eigenvalue weighted by Crippen LogP contribution is -2.36. The van der Waals surface area contributed by atoms with Gasteiger partial charge in [-0.15, -0.1) is 0 Å². The molecule has 0 aliphatic carbocycles. The molecule has 1 aliphatic rings. The number of carbonyl (C=O) groups excluding carboxylic acids is 1. The molecule has 1 atom stereocenters. The molecule has 24 heavy (non-hydrogen) atoms. The Bertz CT molecular complexity index is 811. The number of halogens is 1. The first-order valence-corrected chi connectivity index (χ1v) is 8.38. The maximum Gasteiger partial charge on any atom is 0.407 e. The number of nitrogens with zero attached hydrogens (tertiary/aromatic N) is 2. The van der Waals surface area contributed by atoms with Crippen molar-refractivity contribution in [2.45, 2.75) is 25.3 Å². The molecule has 1 unspecified atom stereocenters. The molecule has 2 amide bonds. The molecule has 3 rings (SSSR count). The van der Waals surface area contributed by atoms with Crippen molar-refractivity contribution in [3.63, 3.8) is 0 Å². The van der Waals surface area contributed by atoms with Crippen LogP contribution >= 0.6 is 15.9 Å². The molecule has 2 heterocycles. The van der Waals surface area contributed by atoms with E-state index in [4.69, 9.17) is 10.8 Å². The van der Waals surface area contributed by atoms with Gasteiger partial charge >= 0.3 is 6.09 Å². The Morgan fingerprint density at radius 3 is 3.00 bits per heavy atom. The summed E-state index contributed by atoms with van der Waals surface area (Å²) in [6, 6.07) is 5.25. The SMILES string of the molecule is Nc1c(NC(=O)CC2CCCN2C(=O)O)cnc2cc(Br)ccc12. The summed E-state index contributed by atoms with van der Waals surface area (Å²) in [6.45, 7) is 0.474. The molecule has 1 aromatic carbocycles. The van der Waals surface area contributed by atoms with Crippen LogP contribution in [0.2, 0.25) is 0 Å². The number of aromatic nitrogens is 1. The fourth-order valence-electron chi connectivity index (χ4n) is 3.00. The van der Waals surface area contributed by atoms with Crippen LogP contribution in [0, 0.1) is 0 Å². The second-order valence-electron chi connectivity index (χ2n) is 5.77. The fraction of sp³-hybridized carbons (Fsp3) is 0.312. The fourth-order valence-corrected chi connectivity index (χ4v) is 3.35. The average molecular weight is 393 g/mol. The standard InChI is InChI=1S/C16H17BrN4O3/c17-9-3-4-11-12(6-9)19-8-13(15(11)18)20-14(22)7-10-2-1-5-21(10)16(23)24/h3-4,6,8,10H,1-2,5,7H2,(H2,18,19)(H,20,22)(H,23,24). The Labute approximate surface area is 147 Å². The normalized spacial score (nSPS) is 17.2. The molecule has 7 nitrogen and oxygen atoms in total. The number of carboxylic acid groups (broad SMARTS) is 1. The number of hydrogen-bond acceptors (Lipinski definition) is 4. The van der Waals surface area contributed by atoms with Crippen LogP contribution in [0.25, 0.3) is 10.9 Å². The smallest absolute Gasteiger partial charge is 0.407 e. The highest BCUT2D eigenvalue weighted by Crippen LogP contribution is 2.29. The van der Waals surface area contributed by atoms with Crippen molar-refractivity contribution >= 4 is 50.2 Å². The third-order valence-electron chi connectivity index (χ3n) is 4.19. The van der Waals surface area contributed by atoms with Gasteiger partial charge in [0.1, 0.15) is 0 Å². The lowest BCUT2D eigenvalue weighted by Gasteiger charge is -2.21. The first-order chi connectivity index (χ1) is 11.5. The predicted molar refractivity (Wildman–Crippen MR) is 94.9 cm³/mol. The monoisotopic (exact) mass is 392 g/mol. The van der Waals surface area contributed by atoms with E-state index in [2.05, 4.69) is 26.2 Å². The Morgan fingerprint density at radius 1 is 1.46 bits per heavy atom. The van der Waals surface area contributed by atoms with Gasteiger partial charge < -0.3 is 21.1 Å². The van der Waals surface area contributed by atoms with Gasteiger partial charge in [0, 0.05) is 28.9 Å². The molecular formula is C16H17BrN4O3. The number of rotatable bonds is 3. The van der Waals surface area contributed by atoms with Gasteiger partial charge in [-0.2, -0.15) is 0 Å². The minimum atomic E-state index is -0.984. The third kappa shape index (κ3) is 3.28. The molecule has 2 aromatic rings. The molecule has 0 bridgehead atoms. The summed E-state index contributed by atoms with van der Waals surface area (Å²) in [6.07, 6.45) is 2.12. The van der Waals surface area contributed by atoms with Crippen LogP contribution in [0.1, 0.15) is 19.3 Å². The zero-order valence-corrected chi connectivity index (χ0v) is 14.4. The van der Waals surface area contributed by atoms with Gasteiger partial charge in [0.2, 0.25) is 5.91 Å². The predicted octanol–water partition coefficient (Wildman–Crippen LogP) is 3.05. The van der Waals surface area contributed by atoms with Gasteiger partial charge in [-0.1, -0.05) is 15.9 Å². The van der Waals surface area contributed by atoms with E-state index in [1.807, 2.05) is 18.2 Å². The molecule has 126 valence electrons. The van der Waals surface area contributed by atoms with E-state index >= 15 is 0 Å². The summed E-state index contributed by atoms with van der Waals surface area (Å²) in [7, 11) is 0. The van der Waals surface area contributed by atoms with Crippen LogP contribution in [0.5, 0.6) is 0 Å². The van der Waals surface area contributed by atoms with Crippen molar-refractivity contribution in [1.82, 2.24) is 9.88 Å². The Kier molecular flexibility index (Phi) is 4.57. The minimum absolute atomic E-state index is 0.115. The lowest BCUT2D eigenvalue weighted by molar-refractivity contribution is -0.117. The number of hydrogen-bond donors (Lipinski definition) is 3. The topological polar surface area (TPSA) is 109 Å². The first kappa shape index (κ1) is 16.5. The summed E-state index contributed by atoms with van der Waals surface area (Å²) in [4.78, 5) is 29.0. The Hall–Kier alpha value is -2.35. The summed E-state index contributed by atoms with van der Waals surface area (Å²) in [5.41, 5.74) is 7.74. The number of anilines is 2. The highest BCUT2D eigenvalue weighted by molar-refractivity contribution is 9.10. The largest absolute Gasteiger partial charge is 0.465 e. The van der Waals surface area contributed by atoms with Gasteiger partial charge in [-0.05, 0) is 31.0 Å². The number of fused-ring (bicyclic) bond motifs is 1. The summed E-state index contributed by atoms with van der Waals surface area (Å²) in [5.74, 6) is -0.266. The van der Waals surface area contributed by atoms with Crippen molar-refractivity contribution < 1.29 is 14.7 Å². The van der Waals surface area contributed by atoms with Crippen molar-refractivity contribution in [3.8, 4) is 0 Å². The molecule has 0 saturated carbocycles. The number of pyridine rings is 1. The van der Waals surface area contributed by atoms with Crippen LogP contribution in [-0.2, 0) is 4.79 Å². The number of nitrogens with two attached hydrogens (primary N) is 1. The lowest BCUT2D eigenvalue weighted by atomic mass is 10.1. The van der Waals surface area contributed by atoms with Gasteiger partial charge in [0.15, 0.2) is 0 Å². The maximum atomic E-state index is 12.3. The Balaban J connectivity index is 1.75. The summed E-state index contributed by atoms with van der Waals surface area (Å²) >= 11 is 3.38. The van der Waals surface area contributed by atoms with Gasteiger partial charge in [0.25, 0.3) is 0 Å². The van der Waals surface area contributed by atoms with Crippen molar-refractivity contribution in [3.05, 3.63) is 28.9 Å². The zero-order valence-electron chi connectivity index (χ0n) is 12.8. The van der Waals surface area contributed by atoms with E-state index < -0.39 is 6.09 Å². The van der Waals surface area contributed by atoms with E-state index in [1.54, 1.807) is 0 Å². The maximum absolute atomic E-state index is 12.3. The van der Waals surface area contributed by atoms with Gasteiger partial charge in [-0.25, -0.2) is 4.79 Å². The van der Waals surface area contributed by atoms with Crippen molar-refractivity contribution in [2.24, 2.45) is 0 Å². The molecule has 1 aromatic heterocycles. The number of carbonyl (C=O) groups is 2. The van der Waals surface area contributed by atoms with Crippen molar-refractivity contribution in [2.75, 3.05) is 17.6 Å². The molecule has 1 saturated heterocycles. The number of nitrogens with one attached hydrogen (secondary N) is 1.